The largest absolute Gasteiger partial charge is 0.493 e. The molecule has 0 amide bonds. The zero-order valence-corrected chi connectivity index (χ0v) is 23.4. The number of aryl methyl sites for hydroxylation is 1. The van der Waals surface area contributed by atoms with E-state index in [-0.39, 0.29) is 12.4 Å². The number of ether oxygens (including phenoxy) is 2. The average Bonchev–Trinajstić information content (AvgIpc) is 3.63. The Hall–Kier alpha value is -3.88. The van der Waals surface area contributed by atoms with Gasteiger partial charge < -0.3 is 19.7 Å². The third-order valence-corrected chi connectivity index (χ3v) is 7.67. The van der Waals surface area contributed by atoms with Gasteiger partial charge in [0, 0.05) is 41.2 Å². The molecular weight excluding hydrogens is 526 g/mol. The highest BCUT2D eigenvalue weighted by Crippen LogP contribution is 2.37. The van der Waals surface area contributed by atoms with E-state index in [1.165, 1.54) is 24.8 Å². The zero-order chi connectivity index (χ0) is 26.6. The molecule has 6 rings (SSSR count). The van der Waals surface area contributed by atoms with Gasteiger partial charge in [0.15, 0.2) is 11.5 Å². The summed E-state index contributed by atoms with van der Waals surface area (Å²) in [6.07, 6.45) is 9.03. The summed E-state index contributed by atoms with van der Waals surface area (Å²) in [6.45, 7) is 3.86. The quantitative estimate of drug-likeness (QED) is 0.196. The molecular formula is C31H34ClN5O3. The molecule has 1 fully saturated rings. The number of piperidine rings is 1. The number of nitrogens with zero attached hydrogens (tertiary/aromatic N) is 4. The van der Waals surface area contributed by atoms with Gasteiger partial charge in [0.2, 0.25) is 0 Å². The SMILES string of the molecule is COc1cc(-c2nc(-c3ccc4c(c3)CC/C4=N/O)c(-c3ccncc3)[nH]2)ccc1OCCN1CCCCC1.Cl. The number of hydrogen-bond donors (Lipinski definition) is 2. The number of imidazole rings is 1. The van der Waals surface area contributed by atoms with Crippen LogP contribution in [0.25, 0.3) is 33.9 Å². The summed E-state index contributed by atoms with van der Waals surface area (Å²) in [5.74, 6) is 2.16. The van der Waals surface area contributed by atoms with Gasteiger partial charge in [0.05, 0.1) is 24.2 Å². The van der Waals surface area contributed by atoms with Crippen molar-refractivity contribution in [3.63, 3.8) is 0 Å². The summed E-state index contributed by atoms with van der Waals surface area (Å²) < 4.78 is 11.8. The summed E-state index contributed by atoms with van der Waals surface area (Å²) in [5.41, 5.74) is 7.60. The smallest absolute Gasteiger partial charge is 0.161 e. The van der Waals surface area contributed by atoms with Crippen LogP contribution in [0, 0.1) is 0 Å². The van der Waals surface area contributed by atoms with Crippen LogP contribution in [0.1, 0.15) is 36.8 Å². The molecule has 0 unspecified atom stereocenters. The Bertz CT molecular complexity index is 1480. The Kier molecular flexibility index (Phi) is 8.67. The lowest BCUT2D eigenvalue weighted by Crippen LogP contribution is -2.33. The maximum Gasteiger partial charge on any atom is 0.161 e. The first kappa shape index (κ1) is 27.7. The molecule has 1 saturated heterocycles. The number of H-pyrrole nitrogens is 1. The van der Waals surface area contributed by atoms with Crippen molar-refractivity contribution in [1.29, 1.82) is 0 Å². The maximum absolute atomic E-state index is 9.33. The molecule has 0 saturated carbocycles. The highest BCUT2D eigenvalue weighted by atomic mass is 35.5. The van der Waals surface area contributed by atoms with E-state index >= 15 is 0 Å². The van der Waals surface area contributed by atoms with Crippen LogP contribution in [0.5, 0.6) is 11.5 Å². The van der Waals surface area contributed by atoms with Crippen molar-refractivity contribution < 1.29 is 14.7 Å². The van der Waals surface area contributed by atoms with E-state index in [2.05, 4.69) is 26.1 Å². The second-order valence-electron chi connectivity index (χ2n) is 10.1. The molecule has 4 aromatic rings. The summed E-state index contributed by atoms with van der Waals surface area (Å²) in [5, 5.41) is 12.8. The molecule has 2 aliphatic rings. The lowest BCUT2D eigenvalue weighted by molar-refractivity contribution is 0.180. The van der Waals surface area contributed by atoms with Crippen LogP contribution in [-0.4, -0.2) is 64.1 Å². The molecule has 40 heavy (non-hydrogen) atoms. The maximum atomic E-state index is 9.33. The number of rotatable bonds is 8. The fourth-order valence-corrected chi connectivity index (χ4v) is 5.57. The fourth-order valence-electron chi connectivity index (χ4n) is 5.57. The summed E-state index contributed by atoms with van der Waals surface area (Å²) in [6, 6.07) is 16.1. The Morgan fingerprint density at radius 1 is 0.925 bits per heavy atom. The zero-order valence-electron chi connectivity index (χ0n) is 22.6. The summed E-state index contributed by atoms with van der Waals surface area (Å²) in [4.78, 5) is 15.3. The number of halogens is 1. The minimum atomic E-state index is 0. The van der Waals surface area contributed by atoms with E-state index in [1.807, 2.05) is 42.5 Å². The van der Waals surface area contributed by atoms with E-state index in [0.29, 0.717) is 12.4 Å². The lowest BCUT2D eigenvalue weighted by Gasteiger charge is -2.26. The summed E-state index contributed by atoms with van der Waals surface area (Å²) >= 11 is 0. The number of methoxy groups -OCH3 is 1. The molecule has 3 heterocycles. The van der Waals surface area contributed by atoms with Gasteiger partial charge >= 0.3 is 0 Å². The van der Waals surface area contributed by atoms with E-state index in [9.17, 15) is 5.21 Å². The van der Waals surface area contributed by atoms with Gasteiger partial charge in [-0.25, -0.2) is 4.98 Å². The molecule has 208 valence electrons. The van der Waals surface area contributed by atoms with Crippen molar-refractivity contribution in [2.45, 2.75) is 32.1 Å². The minimum Gasteiger partial charge on any atom is -0.493 e. The van der Waals surface area contributed by atoms with Crippen LogP contribution in [0.2, 0.25) is 0 Å². The molecule has 9 heteroatoms. The van der Waals surface area contributed by atoms with Gasteiger partial charge in [-0.2, -0.15) is 0 Å². The van der Waals surface area contributed by atoms with Crippen LogP contribution in [-0.2, 0) is 6.42 Å². The van der Waals surface area contributed by atoms with Gasteiger partial charge in [-0.15, -0.1) is 12.4 Å². The van der Waals surface area contributed by atoms with Gasteiger partial charge in [-0.05, 0) is 80.7 Å². The number of aromatic nitrogens is 3. The molecule has 2 N–H and O–H groups in total. The van der Waals surface area contributed by atoms with Crippen molar-refractivity contribution in [3.05, 3.63) is 72.1 Å². The fraction of sp³-hybridized carbons (Fsp3) is 0.323. The second kappa shape index (κ2) is 12.5. The van der Waals surface area contributed by atoms with Crippen molar-refractivity contribution >= 4 is 18.1 Å². The van der Waals surface area contributed by atoms with Gasteiger partial charge in [-0.1, -0.05) is 23.7 Å². The topological polar surface area (TPSA) is 95.9 Å². The summed E-state index contributed by atoms with van der Waals surface area (Å²) in [7, 11) is 1.67. The number of likely N-dealkylation sites (tertiary alicyclic amines) is 1. The number of hydrogen-bond acceptors (Lipinski definition) is 7. The number of nitrogens with one attached hydrogen (secondary N) is 1. The van der Waals surface area contributed by atoms with Crippen LogP contribution >= 0.6 is 12.4 Å². The monoisotopic (exact) mass is 559 g/mol. The van der Waals surface area contributed by atoms with Crippen molar-refractivity contribution in [2.24, 2.45) is 5.16 Å². The minimum absolute atomic E-state index is 0. The number of fused-ring (bicyclic) bond motifs is 1. The van der Waals surface area contributed by atoms with E-state index in [1.54, 1.807) is 19.5 Å². The van der Waals surface area contributed by atoms with Crippen LogP contribution in [0.3, 0.4) is 0 Å². The molecule has 0 bridgehead atoms. The highest BCUT2D eigenvalue weighted by Gasteiger charge is 2.22. The number of aromatic amines is 1. The number of oxime groups is 1. The highest BCUT2D eigenvalue weighted by molar-refractivity contribution is 6.04. The molecule has 0 atom stereocenters. The first-order valence-electron chi connectivity index (χ1n) is 13.6. The Morgan fingerprint density at radius 2 is 1.73 bits per heavy atom. The molecule has 8 nitrogen and oxygen atoms in total. The van der Waals surface area contributed by atoms with Gasteiger partial charge in [-0.3, -0.25) is 9.88 Å². The standard InChI is InChI=1S/C31H33N5O3.ClH/c1-38-28-20-24(7-10-27(28)39-18-17-36-15-3-2-4-16-36)31-33-29(21-11-13-32-14-12-21)30(34-31)23-5-8-25-22(19-23)6-9-26(25)35-37;/h5,7-8,10-14,19-20,37H,2-4,6,9,15-18H2,1H3,(H,33,34);1H/b35-26-;. The molecule has 0 spiro atoms. The van der Waals surface area contributed by atoms with Crippen molar-refractivity contribution in [1.82, 2.24) is 19.9 Å². The molecule has 2 aromatic carbocycles. The van der Waals surface area contributed by atoms with E-state index in [0.717, 1.165) is 83.4 Å². The van der Waals surface area contributed by atoms with E-state index < -0.39 is 0 Å². The number of benzene rings is 2. The van der Waals surface area contributed by atoms with Gasteiger partial charge in [0.25, 0.3) is 0 Å². The molecule has 2 aromatic heterocycles. The van der Waals surface area contributed by atoms with Gasteiger partial charge in [0.1, 0.15) is 12.4 Å². The predicted molar refractivity (Wildman–Crippen MR) is 159 cm³/mol. The Balaban J connectivity index is 0.00000323. The first-order chi connectivity index (χ1) is 19.2. The van der Waals surface area contributed by atoms with Crippen molar-refractivity contribution in [3.8, 4) is 45.4 Å². The van der Waals surface area contributed by atoms with Crippen LogP contribution < -0.4 is 9.47 Å². The second-order valence-corrected chi connectivity index (χ2v) is 10.1. The third-order valence-electron chi connectivity index (χ3n) is 7.67. The Morgan fingerprint density at radius 3 is 2.50 bits per heavy atom. The van der Waals surface area contributed by atoms with Crippen molar-refractivity contribution in [2.75, 3.05) is 33.4 Å². The Labute approximate surface area is 240 Å². The number of pyridine rings is 1. The third kappa shape index (κ3) is 5.69. The van der Waals surface area contributed by atoms with E-state index in [4.69, 9.17) is 14.5 Å². The molecule has 1 aliphatic carbocycles. The van der Waals surface area contributed by atoms with Crippen LogP contribution in [0.4, 0.5) is 0 Å². The predicted octanol–water partition coefficient (Wildman–Crippen LogP) is 6.23. The van der Waals surface area contributed by atoms with Crippen LogP contribution in [0.15, 0.2) is 66.1 Å². The normalized spacial score (nSPS) is 16.0. The lowest BCUT2D eigenvalue weighted by atomic mass is 10.0. The molecule has 0 radical (unpaired) electrons. The first-order valence-corrected chi connectivity index (χ1v) is 13.6. The average molecular weight is 560 g/mol. The molecule has 1 aliphatic heterocycles.